The second-order valence-electron chi connectivity index (χ2n) is 3.91. The maximum atomic E-state index is 8.84. The third kappa shape index (κ3) is 2.50. The Morgan fingerprint density at radius 1 is 1.44 bits per heavy atom. The Balaban J connectivity index is 2.15. The van der Waals surface area contributed by atoms with Gasteiger partial charge in [0, 0.05) is 7.05 Å². The SMILES string of the molecule is Cn1ncc(C(N)C#N)c1OCc1ccccc1. The summed E-state index contributed by atoms with van der Waals surface area (Å²) in [4.78, 5) is 0. The summed E-state index contributed by atoms with van der Waals surface area (Å²) in [7, 11) is 1.76. The second-order valence-corrected chi connectivity index (χ2v) is 3.91. The molecule has 2 rings (SSSR count). The Hall–Kier alpha value is -2.32. The van der Waals surface area contributed by atoms with Crippen molar-refractivity contribution in [3.63, 3.8) is 0 Å². The third-order valence-corrected chi connectivity index (χ3v) is 2.60. The fourth-order valence-corrected chi connectivity index (χ4v) is 1.63. The molecule has 0 amide bonds. The summed E-state index contributed by atoms with van der Waals surface area (Å²) >= 11 is 0. The van der Waals surface area contributed by atoms with Gasteiger partial charge in [0.05, 0.1) is 17.8 Å². The van der Waals surface area contributed by atoms with Gasteiger partial charge in [0.15, 0.2) is 0 Å². The number of nitrogens with two attached hydrogens (primary N) is 1. The molecule has 0 saturated carbocycles. The molecule has 0 saturated heterocycles. The Morgan fingerprint density at radius 3 is 2.83 bits per heavy atom. The van der Waals surface area contributed by atoms with E-state index in [-0.39, 0.29) is 0 Å². The average molecular weight is 242 g/mol. The zero-order valence-corrected chi connectivity index (χ0v) is 10.1. The summed E-state index contributed by atoms with van der Waals surface area (Å²) in [6, 6.07) is 11.1. The van der Waals surface area contributed by atoms with Gasteiger partial charge in [-0.15, -0.1) is 0 Å². The fourth-order valence-electron chi connectivity index (χ4n) is 1.63. The van der Waals surface area contributed by atoms with Crippen LogP contribution in [0, 0.1) is 11.3 Å². The van der Waals surface area contributed by atoms with Crippen LogP contribution in [0.3, 0.4) is 0 Å². The van der Waals surface area contributed by atoms with Crippen LogP contribution in [-0.2, 0) is 13.7 Å². The van der Waals surface area contributed by atoms with Crippen molar-refractivity contribution in [3.05, 3.63) is 47.7 Å². The maximum Gasteiger partial charge on any atom is 0.217 e. The van der Waals surface area contributed by atoms with Crippen LogP contribution in [-0.4, -0.2) is 9.78 Å². The molecule has 5 heteroatoms. The summed E-state index contributed by atoms with van der Waals surface area (Å²) < 4.78 is 7.27. The average Bonchev–Trinajstić information content (AvgIpc) is 2.78. The van der Waals surface area contributed by atoms with Crippen molar-refractivity contribution < 1.29 is 4.74 Å². The van der Waals surface area contributed by atoms with E-state index in [1.807, 2.05) is 36.4 Å². The Labute approximate surface area is 105 Å². The van der Waals surface area contributed by atoms with Crippen LogP contribution in [0.25, 0.3) is 0 Å². The van der Waals surface area contributed by atoms with Crippen LogP contribution in [0.2, 0.25) is 0 Å². The molecule has 1 heterocycles. The molecule has 2 aromatic rings. The van der Waals surface area contributed by atoms with Gasteiger partial charge >= 0.3 is 0 Å². The monoisotopic (exact) mass is 242 g/mol. The molecular formula is C13H14N4O. The zero-order valence-electron chi connectivity index (χ0n) is 10.1. The minimum atomic E-state index is -0.718. The minimum absolute atomic E-state index is 0.422. The minimum Gasteiger partial charge on any atom is -0.473 e. The van der Waals surface area contributed by atoms with E-state index in [0.29, 0.717) is 18.1 Å². The fraction of sp³-hybridized carbons (Fsp3) is 0.231. The molecule has 0 spiro atoms. The number of rotatable bonds is 4. The van der Waals surface area contributed by atoms with Crippen molar-refractivity contribution in [2.45, 2.75) is 12.6 Å². The summed E-state index contributed by atoms with van der Waals surface area (Å²) in [5.41, 5.74) is 7.34. The molecule has 92 valence electrons. The van der Waals surface area contributed by atoms with E-state index in [1.54, 1.807) is 17.9 Å². The van der Waals surface area contributed by atoms with Crippen molar-refractivity contribution in [3.8, 4) is 11.9 Å². The van der Waals surface area contributed by atoms with Crippen molar-refractivity contribution in [2.24, 2.45) is 12.8 Å². The molecule has 1 atom stereocenters. The van der Waals surface area contributed by atoms with Crippen LogP contribution in [0.15, 0.2) is 36.5 Å². The first kappa shape index (κ1) is 12.1. The van der Waals surface area contributed by atoms with E-state index in [1.165, 1.54) is 0 Å². The molecule has 5 nitrogen and oxygen atoms in total. The van der Waals surface area contributed by atoms with E-state index in [4.69, 9.17) is 15.7 Å². The van der Waals surface area contributed by atoms with Gasteiger partial charge in [0.2, 0.25) is 5.88 Å². The van der Waals surface area contributed by atoms with Gasteiger partial charge in [0.1, 0.15) is 12.6 Å². The molecule has 2 N–H and O–H groups in total. The number of nitriles is 1. The molecule has 1 unspecified atom stereocenters. The highest BCUT2D eigenvalue weighted by molar-refractivity contribution is 5.31. The largest absolute Gasteiger partial charge is 0.473 e. The molecule has 0 bridgehead atoms. The topological polar surface area (TPSA) is 76.9 Å². The molecule has 18 heavy (non-hydrogen) atoms. The van der Waals surface area contributed by atoms with Crippen molar-refractivity contribution in [2.75, 3.05) is 0 Å². The lowest BCUT2D eigenvalue weighted by atomic mass is 10.2. The van der Waals surface area contributed by atoms with Crippen LogP contribution in [0.1, 0.15) is 17.2 Å². The van der Waals surface area contributed by atoms with Crippen LogP contribution in [0.5, 0.6) is 5.88 Å². The molecular weight excluding hydrogens is 228 g/mol. The lowest BCUT2D eigenvalue weighted by Crippen LogP contribution is -2.10. The highest BCUT2D eigenvalue weighted by Crippen LogP contribution is 2.23. The van der Waals surface area contributed by atoms with Crippen LogP contribution < -0.4 is 10.5 Å². The molecule has 1 aromatic heterocycles. The molecule has 1 aromatic carbocycles. The Kier molecular flexibility index (Phi) is 3.60. The first-order valence-corrected chi connectivity index (χ1v) is 5.56. The number of nitrogens with zero attached hydrogens (tertiary/aromatic N) is 3. The number of aryl methyl sites for hydroxylation is 1. The van der Waals surface area contributed by atoms with E-state index >= 15 is 0 Å². The van der Waals surface area contributed by atoms with Gasteiger partial charge in [-0.05, 0) is 5.56 Å². The molecule has 0 aliphatic carbocycles. The first-order chi connectivity index (χ1) is 8.72. The quantitative estimate of drug-likeness (QED) is 0.881. The lowest BCUT2D eigenvalue weighted by Gasteiger charge is -2.09. The number of aromatic nitrogens is 2. The predicted molar refractivity (Wildman–Crippen MR) is 66.5 cm³/mol. The van der Waals surface area contributed by atoms with Gasteiger partial charge in [-0.3, -0.25) is 0 Å². The lowest BCUT2D eigenvalue weighted by molar-refractivity contribution is 0.275. The number of ether oxygens (including phenoxy) is 1. The first-order valence-electron chi connectivity index (χ1n) is 5.56. The normalized spacial score (nSPS) is 11.8. The van der Waals surface area contributed by atoms with E-state index in [9.17, 15) is 0 Å². The molecule has 0 aliphatic heterocycles. The highest BCUT2D eigenvalue weighted by Gasteiger charge is 2.16. The number of hydrogen-bond acceptors (Lipinski definition) is 4. The molecule has 0 aliphatic rings. The summed E-state index contributed by atoms with van der Waals surface area (Å²) in [5.74, 6) is 0.535. The van der Waals surface area contributed by atoms with Gasteiger partial charge < -0.3 is 10.5 Å². The van der Waals surface area contributed by atoms with Crippen LogP contribution >= 0.6 is 0 Å². The Bertz CT molecular complexity index is 556. The standard InChI is InChI=1S/C13H14N4O/c1-17-13(11(8-16-17)12(15)7-14)18-9-10-5-3-2-4-6-10/h2-6,8,12H,9,15H2,1H3. The van der Waals surface area contributed by atoms with Crippen molar-refractivity contribution in [1.29, 1.82) is 5.26 Å². The van der Waals surface area contributed by atoms with Gasteiger partial charge in [0.25, 0.3) is 0 Å². The predicted octanol–water partition coefficient (Wildman–Crippen LogP) is 1.52. The third-order valence-electron chi connectivity index (χ3n) is 2.60. The van der Waals surface area contributed by atoms with Crippen molar-refractivity contribution >= 4 is 0 Å². The smallest absolute Gasteiger partial charge is 0.217 e. The molecule has 0 radical (unpaired) electrons. The summed E-state index contributed by atoms with van der Waals surface area (Å²) in [5, 5.41) is 12.9. The number of benzene rings is 1. The second kappa shape index (κ2) is 5.34. The number of hydrogen-bond donors (Lipinski definition) is 1. The highest BCUT2D eigenvalue weighted by atomic mass is 16.5. The summed E-state index contributed by atoms with van der Waals surface area (Å²) in [6.07, 6.45) is 1.56. The van der Waals surface area contributed by atoms with E-state index < -0.39 is 6.04 Å². The van der Waals surface area contributed by atoms with Crippen LogP contribution in [0.4, 0.5) is 0 Å². The van der Waals surface area contributed by atoms with Gasteiger partial charge in [-0.1, -0.05) is 30.3 Å². The molecule has 0 fully saturated rings. The zero-order chi connectivity index (χ0) is 13.0. The van der Waals surface area contributed by atoms with Gasteiger partial charge in [-0.2, -0.15) is 10.4 Å². The summed E-state index contributed by atoms with van der Waals surface area (Å²) in [6.45, 7) is 0.422. The maximum absolute atomic E-state index is 8.84. The van der Waals surface area contributed by atoms with E-state index in [0.717, 1.165) is 5.56 Å². The van der Waals surface area contributed by atoms with Crippen molar-refractivity contribution in [1.82, 2.24) is 9.78 Å². The van der Waals surface area contributed by atoms with E-state index in [2.05, 4.69) is 5.10 Å². The Morgan fingerprint density at radius 2 is 2.17 bits per heavy atom. The van der Waals surface area contributed by atoms with Gasteiger partial charge in [-0.25, -0.2) is 4.68 Å².